The third kappa shape index (κ3) is 5.15. The van der Waals surface area contributed by atoms with E-state index in [1.54, 1.807) is 12.4 Å². The molecule has 2 saturated heterocycles. The minimum Gasteiger partial charge on any atom is -0.382 e. The molecule has 0 radical (unpaired) electrons. The van der Waals surface area contributed by atoms with Gasteiger partial charge in [-0.25, -0.2) is 15.0 Å². The number of nitrogens with two attached hydrogens (primary N) is 1. The molecule has 0 aromatic carbocycles. The number of anilines is 2. The third-order valence-corrected chi connectivity index (χ3v) is 8.84. The molecule has 3 aromatic heterocycles. The molecule has 3 N–H and O–H groups in total. The van der Waals surface area contributed by atoms with E-state index in [4.69, 9.17) is 15.5 Å². The number of nitrogens with zero attached hydrogens (tertiary/aromatic N) is 5. The van der Waals surface area contributed by atoms with Gasteiger partial charge in [0.15, 0.2) is 0 Å². The lowest BCUT2D eigenvalue weighted by Gasteiger charge is -2.33. The summed E-state index contributed by atoms with van der Waals surface area (Å²) < 4.78 is 7.77. The number of likely N-dealkylation sites (tertiary alicyclic amines) is 1. The van der Waals surface area contributed by atoms with Gasteiger partial charge in [-0.1, -0.05) is 18.2 Å². The molecule has 1 saturated carbocycles. The number of aromatic nitrogens is 4. The van der Waals surface area contributed by atoms with Crippen LogP contribution in [0.1, 0.15) is 73.4 Å². The SMILES string of the molecule is Nc1nccn2c(C3CCCN(CC4CCOC4)C3)nc(C3C=CC(C(=O)Nc4cc(C5CC5)ccn4)=CC3)c12. The molecule has 2 aliphatic heterocycles. The number of imidazole rings is 1. The van der Waals surface area contributed by atoms with Crippen molar-refractivity contribution in [3.05, 3.63) is 71.6 Å². The molecule has 9 heteroatoms. The molecule has 40 heavy (non-hydrogen) atoms. The molecule has 7 rings (SSSR count). The maximum atomic E-state index is 13.0. The summed E-state index contributed by atoms with van der Waals surface area (Å²) in [6.45, 7) is 4.99. The number of ether oxygens (including phenoxy) is 1. The van der Waals surface area contributed by atoms with Gasteiger partial charge in [-0.05, 0) is 74.6 Å². The second-order valence-corrected chi connectivity index (χ2v) is 11.8. The molecule has 3 aromatic rings. The van der Waals surface area contributed by atoms with Crippen LogP contribution in [0.3, 0.4) is 0 Å². The summed E-state index contributed by atoms with van der Waals surface area (Å²) in [5.41, 5.74) is 10.2. The van der Waals surface area contributed by atoms with Crippen LogP contribution in [0.2, 0.25) is 0 Å². The molecule has 2 aliphatic carbocycles. The van der Waals surface area contributed by atoms with Crippen LogP contribution in [0.5, 0.6) is 0 Å². The Hall–Kier alpha value is -3.56. The second kappa shape index (κ2) is 10.8. The minimum atomic E-state index is -0.137. The number of nitrogens with one attached hydrogen (secondary N) is 1. The lowest BCUT2D eigenvalue weighted by atomic mass is 9.93. The summed E-state index contributed by atoms with van der Waals surface area (Å²) in [7, 11) is 0. The number of amides is 1. The summed E-state index contributed by atoms with van der Waals surface area (Å²) >= 11 is 0. The van der Waals surface area contributed by atoms with Crippen molar-refractivity contribution in [3.8, 4) is 0 Å². The van der Waals surface area contributed by atoms with Crippen LogP contribution in [0.25, 0.3) is 5.52 Å². The van der Waals surface area contributed by atoms with Crippen molar-refractivity contribution >= 4 is 23.1 Å². The monoisotopic (exact) mass is 539 g/mol. The summed E-state index contributed by atoms with van der Waals surface area (Å²) in [6.07, 6.45) is 18.0. The number of nitrogen functional groups attached to an aromatic ring is 1. The van der Waals surface area contributed by atoms with E-state index in [1.165, 1.54) is 18.4 Å². The molecular weight excluding hydrogens is 502 g/mol. The highest BCUT2D eigenvalue weighted by Gasteiger charge is 2.31. The molecular formula is C31H37N7O2. The third-order valence-electron chi connectivity index (χ3n) is 8.84. The fourth-order valence-electron chi connectivity index (χ4n) is 6.55. The van der Waals surface area contributed by atoms with Gasteiger partial charge in [-0.15, -0.1) is 0 Å². The largest absolute Gasteiger partial charge is 0.382 e. The molecule has 4 aliphatic rings. The topological polar surface area (TPSA) is 111 Å². The van der Waals surface area contributed by atoms with Crippen LogP contribution in [0, 0.1) is 5.92 Å². The zero-order valence-electron chi connectivity index (χ0n) is 22.8. The quantitative estimate of drug-likeness (QED) is 0.458. The number of hydrogen-bond acceptors (Lipinski definition) is 7. The van der Waals surface area contributed by atoms with E-state index in [0.29, 0.717) is 41.4 Å². The fourth-order valence-corrected chi connectivity index (χ4v) is 6.55. The molecule has 1 amide bonds. The zero-order valence-corrected chi connectivity index (χ0v) is 22.8. The Bertz CT molecular complexity index is 1470. The van der Waals surface area contributed by atoms with E-state index in [0.717, 1.165) is 69.1 Å². The first-order chi connectivity index (χ1) is 19.6. The van der Waals surface area contributed by atoms with Crippen LogP contribution in [-0.4, -0.2) is 63.0 Å². The Morgan fingerprint density at radius 1 is 1.15 bits per heavy atom. The average molecular weight is 540 g/mol. The van der Waals surface area contributed by atoms with E-state index in [1.807, 2.05) is 30.5 Å². The average Bonchev–Trinajstić information content (AvgIpc) is 3.57. The van der Waals surface area contributed by atoms with Crippen molar-refractivity contribution in [3.63, 3.8) is 0 Å². The number of pyridine rings is 1. The lowest BCUT2D eigenvalue weighted by molar-refractivity contribution is -0.112. The highest BCUT2D eigenvalue weighted by molar-refractivity contribution is 6.05. The van der Waals surface area contributed by atoms with E-state index in [9.17, 15) is 4.79 Å². The first kappa shape index (κ1) is 25.4. The van der Waals surface area contributed by atoms with Gasteiger partial charge >= 0.3 is 0 Å². The predicted octanol–water partition coefficient (Wildman–Crippen LogP) is 4.41. The molecule has 0 bridgehead atoms. The van der Waals surface area contributed by atoms with Gasteiger partial charge in [0.25, 0.3) is 5.91 Å². The van der Waals surface area contributed by atoms with E-state index in [-0.39, 0.29) is 11.8 Å². The second-order valence-electron chi connectivity index (χ2n) is 11.8. The lowest BCUT2D eigenvalue weighted by Crippen LogP contribution is -2.38. The normalized spacial score (nSPS) is 25.3. The Kier molecular flexibility index (Phi) is 6.85. The van der Waals surface area contributed by atoms with Gasteiger partial charge in [0.1, 0.15) is 23.0 Å². The Morgan fingerprint density at radius 2 is 2.08 bits per heavy atom. The Labute approximate surface area is 234 Å². The van der Waals surface area contributed by atoms with Gasteiger partial charge in [0.05, 0.1) is 12.3 Å². The Morgan fingerprint density at radius 3 is 2.88 bits per heavy atom. The van der Waals surface area contributed by atoms with E-state index in [2.05, 4.69) is 30.7 Å². The van der Waals surface area contributed by atoms with E-state index < -0.39 is 0 Å². The first-order valence-corrected chi connectivity index (χ1v) is 14.7. The van der Waals surface area contributed by atoms with Gasteiger partial charge in [0.2, 0.25) is 0 Å². The number of allylic oxidation sites excluding steroid dienone is 2. The maximum absolute atomic E-state index is 13.0. The fraction of sp³-hybridized carbons (Fsp3) is 0.484. The van der Waals surface area contributed by atoms with Crippen molar-refractivity contribution < 1.29 is 9.53 Å². The number of rotatable bonds is 7. The standard InChI is InChI=1S/C31H37N7O2/c32-29-28-27(22-5-7-23(8-6-22)31(39)35-26-16-24(9-11-33-26)21-3-4-21)36-30(38(28)14-12-34-29)25-2-1-13-37(18-25)17-20-10-15-40-19-20/h5,7-9,11-12,14,16,20-22,25H,1-4,6,10,13,15,17-19H2,(H2,32,34)(H,33,35,39). The van der Waals surface area contributed by atoms with Crippen LogP contribution in [0.4, 0.5) is 11.6 Å². The van der Waals surface area contributed by atoms with Gasteiger partial charge in [0, 0.05) is 55.7 Å². The van der Waals surface area contributed by atoms with Crippen molar-refractivity contribution in [2.75, 3.05) is 43.9 Å². The number of hydrogen-bond donors (Lipinski definition) is 2. The molecule has 5 heterocycles. The van der Waals surface area contributed by atoms with E-state index >= 15 is 0 Å². The highest BCUT2D eigenvalue weighted by Crippen LogP contribution is 2.40. The van der Waals surface area contributed by atoms with Crippen molar-refractivity contribution in [1.82, 2.24) is 24.3 Å². The Balaban J connectivity index is 1.08. The van der Waals surface area contributed by atoms with Gasteiger partial charge in [-0.2, -0.15) is 0 Å². The predicted molar refractivity (Wildman–Crippen MR) is 154 cm³/mol. The van der Waals surface area contributed by atoms with Crippen molar-refractivity contribution in [1.29, 1.82) is 0 Å². The van der Waals surface area contributed by atoms with Crippen LogP contribution in [-0.2, 0) is 9.53 Å². The van der Waals surface area contributed by atoms with Crippen LogP contribution >= 0.6 is 0 Å². The van der Waals surface area contributed by atoms with Gasteiger partial charge in [-0.3, -0.25) is 9.20 Å². The first-order valence-electron chi connectivity index (χ1n) is 14.7. The number of fused-ring (bicyclic) bond motifs is 1. The highest BCUT2D eigenvalue weighted by atomic mass is 16.5. The van der Waals surface area contributed by atoms with Gasteiger partial charge < -0.3 is 20.7 Å². The minimum absolute atomic E-state index is 0.0263. The van der Waals surface area contributed by atoms with Crippen molar-refractivity contribution in [2.45, 2.75) is 56.3 Å². The maximum Gasteiger partial charge on any atom is 0.256 e. The molecule has 208 valence electrons. The number of carbonyl (C=O) groups is 1. The zero-order chi connectivity index (χ0) is 27.1. The molecule has 3 unspecified atom stereocenters. The molecule has 0 spiro atoms. The molecule has 3 atom stereocenters. The van der Waals surface area contributed by atoms with Crippen LogP contribution in [0.15, 0.2) is 54.5 Å². The summed E-state index contributed by atoms with van der Waals surface area (Å²) in [4.78, 5) is 29.6. The van der Waals surface area contributed by atoms with Crippen molar-refractivity contribution in [2.24, 2.45) is 5.92 Å². The summed E-state index contributed by atoms with van der Waals surface area (Å²) in [5.74, 6) is 3.64. The molecule has 9 nitrogen and oxygen atoms in total. The number of carbonyl (C=O) groups excluding carboxylic acids is 1. The molecule has 3 fully saturated rings. The smallest absolute Gasteiger partial charge is 0.256 e. The summed E-state index contributed by atoms with van der Waals surface area (Å²) in [5, 5.41) is 2.97. The summed E-state index contributed by atoms with van der Waals surface area (Å²) in [6, 6.07) is 4.03. The van der Waals surface area contributed by atoms with Crippen LogP contribution < -0.4 is 11.1 Å². The number of piperidine rings is 1.